The molecule has 8 nitrogen and oxygen atoms in total. The van der Waals surface area contributed by atoms with E-state index in [1.807, 2.05) is 0 Å². The molecular weight excluding hydrogens is 546 g/mol. The predicted molar refractivity (Wildman–Crippen MR) is 144 cm³/mol. The van der Waals surface area contributed by atoms with Gasteiger partial charge in [0.15, 0.2) is 0 Å². The summed E-state index contributed by atoms with van der Waals surface area (Å²) >= 11 is 3.48. The molecule has 2 aliphatic rings. The number of alkyl halides is 1. The normalized spacial score (nSPS) is 20.9. The van der Waals surface area contributed by atoms with Gasteiger partial charge in [-0.25, -0.2) is 13.8 Å². The Morgan fingerprint density at radius 3 is 2.62 bits per heavy atom. The zero-order valence-electron chi connectivity index (χ0n) is 20.4. The van der Waals surface area contributed by atoms with Crippen molar-refractivity contribution in [2.75, 3.05) is 30.8 Å². The first-order chi connectivity index (χ1) is 17.8. The van der Waals surface area contributed by atoms with Gasteiger partial charge in [-0.3, -0.25) is 4.79 Å². The molecule has 2 atom stereocenters. The van der Waals surface area contributed by atoms with Crippen molar-refractivity contribution in [3.63, 3.8) is 0 Å². The molecule has 1 aliphatic heterocycles. The molecule has 0 bridgehead atoms. The summed E-state index contributed by atoms with van der Waals surface area (Å²) in [5.74, 6) is -0.0506. The number of allylic oxidation sites excluding steroid dienone is 3. The summed E-state index contributed by atoms with van der Waals surface area (Å²) in [6, 6.07) is 7.04. The van der Waals surface area contributed by atoms with Crippen LogP contribution >= 0.6 is 15.9 Å². The number of likely N-dealkylation sites (tertiary alicyclic amines) is 1. The van der Waals surface area contributed by atoms with Crippen molar-refractivity contribution >= 4 is 44.3 Å². The molecule has 1 fully saturated rings. The lowest BCUT2D eigenvalue weighted by atomic mass is 9.99. The summed E-state index contributed by atoms with van der Waals surface area (Å²) in [5, 5.41) is 6.94. The Balaban J connectivity index is 1.39. The van der Waals surface area contributed by atoms with Crippen molar-refractivity contribution in [3.8, 4) is 5.75 Å². The summed E-state index contributed by atoms with van der Waals surface area (Å²) in [4.78, 5) is 26.9. The van der Waals surface area contributed by atoms with Crippen LogP contribution in [0.3, 0.4) is 0 Å². The van der Waals surface area contributed by atoms with Crippen molar-refractivity contribution in [2.24, 2.45) is 5.92 Å². The molecule has 2 aromatic heterocycles. The minimum atomic E-state index is -1.44. The van der Waals surface area contributed by atoms with Crippen LogP contribution in [-0.4, -0.2) is 52.2 Å². The highest BCUT2D eigenvalue weighted by Gasteiger charge is 2.25. The van der Waals surface area contributed by atoms with E-state index < -0.39 is 17.9 Å². The number of benzene rings is 1. The maximum Gasteiger partial charge on any atom is 0.261 e. The van der Waals surface area contributed by atoms with Crippen molar-refractivity contribution in [3.05, 3.63) is 69.0 Å². The molecule has 0 amide bonds. The second-order valence-corrected chi connectivity index (χ2v) is 10.2. The van der Waals surface area contributed by atoms with Crippen LogP contribution in [0.25, 0.3) is 10.9 Å². The Bertz CT molecular complexity index is 1420. The predicted octanol–water partition coefficient (Wildman–Crippen LogP) is 5.43. The molecular formula is C26H27BrF2N6O2. The lowest BCUT2D eigenvalue weighted by molar-refractivity contribution is 0.263. The van der Waals surface area contributed by atoms with E-state index in [-0.39, 0.29) is 17.4 Å². The molecule has 37 heavy (non-hydrogen) atoms. The van der Waals surface area contributed by atoms with Crippen molar-refractivity contribution in [2.45, 2.75) is 32.0 Å². The van der Waals surface area contributed by atoms with E-state index in [1.54, 1.807) is 30.5 Å². The zero-order chi connectivity index (χ0) is 26.1. The number of piperidine rings is 1. The van der Waals surface area contributed by atoms with Crippen LogP contribution in [-0.2, 0) is 0 Å². The number of fused-ring (bicyclic) bond motifs is 1. The highest BCUT2D eigenvalue weighted by Crippen LogP contribution is 2.31. The first-order valence-corrected chi connectivity index (χ1v) is 12.9. The Labute approximate surface area is 221 Å². The standard InChI is InChI=1S/C26H27BrF2N6O2/c1-14-20(28)11-18(12-21(14)29)37-17-5-3-15(4-6-17)31-24-22-23(19(27)13-30-25(22)36)33-26(34-24)32-16-7-9-35(2)10-8-16/h3-6,11-14,16,20H,7-10H2,1-2H3,(H,30,36)(H2,31,32,33,34). The van der Waals surface area contributed by atoms with Gasteiger partial charge in [-0.05, 0) is 79.3 Å². The maximum absolute atomic E-state index is 14.0. The van der Waals surface area contributed by atoms with Gasteiger partial charge in [0, 0.05) is 29.9 Å². The van der Waals surface area contributed by atoms with Crippen LogP contribution in [0.5, 0.6) is 5.75 Å². The van der Waals surface area contributed by atoms with Gasteiger partial charge in [-0.15, -0.1) is 0 Å². The number of anilines is 3. The molecule has 3 N–H and O–H groups in total. The van der Waals surface area contributed by atoms with E-state index >= 15 is 0 Å². The van der Waals surface area contributed by atoms with E-state index in [1.165, 1.54) is 19.1 Å². The molecule has 1 saturated heterocycles. The number of rotatable bonds is 6. The van der Waals surface area contributed by atoms with Gasteiger partial charge >= 0.3 is 0 Å². The summed E-state index contributed by atoms with van der Waals surface area (Å²) in [7, 11) is 2.10. The topological polar surface area (TPSA) is 95.2 Å². The smallest absolute Gasteiger partial charge is 0.261 e. The Morgan fingerprint density at radius 1 is 1.19 bits per heavy atom. The average molecular weight is 573 g/mol. The largest absolute Gasteiger partial charge is 0.458 e. The highest BCUT2D eigenvalue weighted by atomic mass is 79.9. The monoisotopic (exact) mass is 572 g/mol. The summed E-state index contributed by atoms with van der Waals surface area (Å²) in [6.45, 7) is 3.45. The van der Waals surface area contributed by atoms with Crippen LogP contribution < -0.4 is 20.9 Å². The van der Waals surface area contributed by atoms with E-state index in [9.17, 15) is 13.6 Å². The third kappa shape index (κ3) is 5.67. The van der Waals surface area contributed by atoms with Gasteiger partial charge in [-0.1, -0.05) is 6.92 Å². The first kappa shape index (κ1) is 25.3. The Morgan fingerprint density at radius 2 is 1.92 bits per heavy atom. The van der Waals surface area contributed by atoms with Gasteiger partial charge in [0.2, 0.25) is 5.95 Å². The molecule has 5 rings (SSSR count). The second kappa shape index (κ2) is 10.6. The summed E-state index contributed by atoms with van der Waals surface area (Å²) in [6.07, 6.45) is 4.51. The first-order valence-electron chi connectivity index (χ1n) is 12.1. The highest BCUT2D eigenvalue weighted by molar-refractivity contribution is 9.10. The third-order valence-corrected chi connectivity index (χ3v) is 7.22. The van der Waals surface area contributed by atoms with Crippen LogP contribution in [0.15, 0.2) is 63.5 Å². The number of nitrogens with zero attached hydrogens (tertiary/aromatic N) is 3. The summed E-state index contributed by atoms with van der Waals surface area (Å²) < 4.78 is 34.2. The fraction of sp³-hybridized carbons (Fsp3) is 0.346. The minimum absolute atomic E-state index is 0.117. The quantitative estimate of drug-likeness (QED) is 0.362. The number of hydrogen-bond acceptors (Lipinski definition) is 7. The van der Waals surface area contributed by atoms with Crippen LogP contribution in [0.2, 0.25) is 0 Å². The van der Waals surface area contributed by atoms with Crippen LogP contribution in [0.4, 0.5) is 26.2 Å². The van der Waals surface area contributed by atoms with Gasteiger partial charge in [0.25, 0.3) is 5.56 Å². The SMILES string of the molecule is CC1C(F)=CC(Oc2ccc(Nc3nc(NC4CCN(C)CC4)nc4c(Br)c[nH]c(=O)c34)cc2)=CC1F. The van der Waals surface area contributed by atoms with Crippen LogP contribution in [0, 0.1) is 5.92 Å². The Kier molecular flexibility index (Phi) is 7.25. The molecule has 1 aliphatic carbocycles. The van der Waals surface area contributed by atoms with Crippen molar-refractivity contribution < 1.29 is 13.5 Å². The molecule has 0 spiro atoms. The molecule has 0 saturated carbocycles. The van der Waals surface area contributed by atoms with E-state index in [0.29, 0.717) is 38.6 Å². The molecule has 1 aromatic carbocycles. The van der Waals surface area contributed by atoms with Gasteiger partial charge in [0.1, 0.15) is 34.7 Å². The number of H-pyrrole nitrogens is 1. The van der Waals surface area contributed by atoms with Crippen LogP contribution in [0.1, 0.15) is 19.8 Å². The molecule has 194 valence electrons. The lowest BCUT2D eigenvalue weighted by Crippen LogP contribution is -2.37. The third-order valence-electron chi connectivity index (χ3n) is 6.61. The maximum atomic E-state index is 14.0. The van der Waals surface area contributed by atoms with Crippen molar-refractivity contribution in [1.82, 2.24) is 19.9 Å². The number of nitrogens with one attached hydrogen (secondary N) is 3. The van der Waals surface area contributed by atoms with E-state index in [0.717, 1.165) is 25.9 Å². The van der Waals surface area contributed by atoms with E-state index in [4.69, 9.17) is 4.74 Å². The molecule has 3 aromatic rings. The van der Waals surface area contributed by atoms with Gasteiger partial charge in [-0.2, -0.15) is 4.98 Å². The Hall–Kier alpha value is -3.31. The summed E-state index contributed by atoms with van der Waals surface area (Å²) in [5.41, 5.74) is 0.817. The number of aromatic amines is 1. The molecule has 2 unspecified atom stereocenters. The second-order valence-electron chi connectivity index (χ2n) is 9.39. The number of halogens is 3. The zero-order valence-corrected chi connectivity index (χ0v) is 22.0. The van der Waals surface area contributed by atoms with Gasteiger partial charge in [0.05, 0.1) is 9.99 Å². The van der Waals surface area contributed by atoms with Crippen molar-refractivity contribution in [1.29, 1.82) is 0 Å². The number of pyridine rings is 1. The average Bonchev–Trinajstić information content (AvgIpc) is 2.87. The number of aromatic nitrogens is 3. The minimum Gasteiger partial charge on any atom is -0.458 e. The number of ether oxygens (including phenoxy) is 1. The van der Waals surface area contributed by atoms with E-state index in [2.05, 4.69) is 53.5 Å². The molecule has 3 heterocycles. The molecule has 0 radical (unpaired) electrons. The fourth-order valence-corrected chi connectivity index (χ4v) is 4.72. The lowest BCUT2D eigenvalue weighted by Gasteiger charge is -2.29. The molecule has 11 heteroatoms. The number of hydrogen-bond donors (Lipinski definition) is 3. The van der Waals surface area contributed by atoms with Gasteiger partial charge < -0.3 is 25.3 Å². The fourth-order valence-electron chi connectivity index (χ4n) is 4.32.